The van der Waals surface area contributed by atoms with Gasteiger partial charge in [-0.05, 0) is 44.8 Å². The zero-order chi connectivity index (χ0) is 17.9. The van der Waals surface area contributed by atoms with E-state index in [4.69, 9.17) is 4.74 Å². The maximum atomic E-state index is 13.1. The van der Waals surface area contributed by atoms with E-state index in [0.29, 0.717) is 11.7 Å². The highest BCUT2D eigenvalue weighted by Gasteiger charge is 2.33. The summed E-state index contributed by atoms with van der Waals surface area (Å²) < 4.78 is 7.36. The summed E-state index contributed by atoms with van der Waals surface area (Å²) in [5, 5.41) is 11.8. The molecule has 4 rings (SSSR count). The monoisotopic (exact) mass is 355 g/mol. The van der Waals surface area contributed by atoms with Crippen molar-refractivity contribution in [3.8, 4) is 5.75 Å². The maximum absolute atomic E-state index is 13.1. The molecule has 138 valence electrons. The number of ether oxygens (including phenoxy) is 1. The van der Waals surface area contributed by atoms with Gasteiger partial charge in [-0.1, -0.05) is 23.4 Å². The lowest BCUT2D eigenvalue weighted by Gasteiger charge is -2.25. The molecular formula is C19H25N5O2. The van der Waals surface area contributed by atoms with E-state index in [1.165, 1.54) is 0 Å². The summed E-state index contributed by atoms with van der Waals surface area (Å²) in [6, 6.07) is 8.29. The van der Waals surface area contributed by atoms with Crippen LogP contribution < -0.4 is 10.1 Å². The van der Waals surface area contributed by atoms with E-state index in [1.54, 1.807) is 7.11 Å². The average Bonchev–Trinajstić information content (AvgIpc) is 3.38. The van der Waals surface area contributed by atoms with Crippen LogP contribution in [0.4, 0.5) is 0 Å². The van der Waals surface area contributed by atoms with E-state index in [0.717, 1.165) is 56.6 Å². The second-order valence-corrected chi connectivity index (χ2v) is 6.96. The first kappa shape index (κ1) is 17.0. The SMILES string of the molecule is COc1ccccc1[C@@H]1CCCN1C(=O)c1cn(C2CCNCC2)nn1. The highest BCUT2D eigenvalue weighted by atomic mass is 16.5. The van der Waals surface area contributed by atoms with Crippen LogP contribution in [-0.2, 0) is 0 Å². The third-order valence-electron chi connectivity index (χ3n) is 5.42. The number of carbonyl (C=O) groups excluding carboxylic acids is 1. The molecular weight excluding hydrogens is 330 g/mol. The predicted molar refractivity (Wildman–Crippen MR) is 97.2 cm³/mol. The first-order valence-corrected chi connectivity index (χ1v) is 9.34. The zero-order valence-corrected chi connectivity index (χ0v) is 15.1. The lowest BCUT2D eigenvalue weighted by Crippen LogP contribution is -2.31. The molecule has 7 nitrogen and oxygen atoms in total. The minimum absolute atomic E-state index is 0.0303. The van der Waals surface area contributed by atoms with Gasteiger partial charge in [-0.2, -0.15) is 0 Å². The van der Waals surface area contributed by atoms with E-state index in [-0.39, 0.29) is 11.9 Å². The molecule has 2 aromatic rings. The Hall–Kier alpha value is -2.41. The predicted octanol–water partition coefficient (Wildman–Crippen LogP) is 2.19. The minimum atomic E-state index is -0.0430. The normalized spacial score (nSPS) is 21.1. The molecule has 0 saturated carbocycles. The quantitative estimate of drug-likeness (QED) is 0.910. The van der Waals surface area contributed by atoms with Crippen LogP contribution >= 0.6 is 0 Å². The van der Waals surface area contributed by atoms with Crippen LogP contribution in [0.25, 0.3) is 0 Å². The number of rotatable bonds is 4. The number of likely N-dealkylation sites (tertiary alicyclic amines) is 1. The van der Waals surface area contributed by atoms with Gasteiger partial charge in [0.2, 0.25) is 0 Å². The summed E-state index contributed by atoms with van der Waals surface area (Å²) in [5.41, 5.74) is 1.50. The molecule has 1 amide bonds. The second-order valence-electron chi connectivity index (χ2n) is 6.96. The number of nitrogens with one attached hydrogen (secondary N) is 1. The fourth-order valence-corrected chi connectivity index (χ4v) is 4.05. The van der Waals surface area contributed by atoms with Crippen molar-refractivity contribution in [3.63, 3.8) is 0 Å². The molecule has 7 heteroatoms. The molecule has 26 heavy (non-hydrogen) atoms. The molecule has 2 fully saturated rings. The summed E-state index contributed by atoms with van der Waals surface area (Å²) in [7, 11) is 1.67. The largest absolute Gasteiger partial charge is 0.496 e. The van der Waals surface area contributed by atoms with Crippen LogP contribution in [-0.4, -0.2) is 52.5 Å². The van der Waals surface area contributed by atoms with E-state index >= 15 is 0 Å². The number of piperidine rings is 1. The van der Waals surface area contributed by atoms with Crippen molar-refractivity contribution >= 4 is 5.91 Å². The maximum Gasteiger partial charge on any atom is 0.276 e. The van der Waals surface area contributed by atoms with Crippen LogP contribution in [0.3, 0.4) is 0 Å². The second kappa shape index (κ2) is 7.45. The van der Waals surface area contributed by atoms with E-state index < -0.39 is 0 Å². The number of carbonyl (C=O) groups is 1. The smallest absolute Gasteiger partial charge is 0.276 e. The molecule has 0 aliphatic carbocycles. The Labute approximate surface area is 153 Å². The van der Waals surface area contributed by atoms with Gasteiger partial charge in [0, 0.05) is 12.1 Å². The Kier molecular flexibility index (Phi) is 4.88. The number of nitrogens with zero attached hydrogens (tertiary/aromatic N) is 4. The van der Waals surface area contributed by atoms with Gasteiger partial charge in [0.05, 0.1) is 25.4 Å². The van der Waals surface area contributed by atoms with Crippen LogP contribution in [0.2, 0.25) is 0 Å². The van der Waals surface area contributed by atoms with Crippen LogP contribution in [0.1, 0.15) is 53.8 Å². The Morgan fingerprint density at radius 2 is 2.04 bits per heavy atom. The summed E-state index contributed by atoms with van der Waals surface area (Å²) in [5.74, 6) is 0.786. The minimum Gasteiger partial charge on any atom is -0.496 e. The van der Waals surface area contributed by atoms with Crippen molar-refractivity contribution in [3.05, 3.63) is 41.7 Å². The standard InChI is InChI=1S/C19H25N5O2/c1-26-18-7-3-2-5-15(18)17-6-4-12-23(17)19(25)16-13-24(22-21-16)14-8-10-20-11-9-14/h2-3,5,7,13-14,17,20H,4,6,8-12H2,1H3/t17-/m0/s1. The molecule has 2 saturated heterocycles. The summed E-state index contributed by atoms with van der Waals surface area (Å²) in [4.78, 5) is 15.0. The Bertz CT molecular complexity index is 769. The van der Waals surface area contributed by atoms with Gasteiger partial charge in [0.15, 0.2) is 5.69 Å². The molecule has 0 bridgehead atoms. The van der Waals surface area contributed by atoms with Crippen molar-refractivity contribution in [1.82, 2.24) is 25.2 Å². The van der Waals surface area contributed by atoms with Crippen LogP contribution in [0.5, 0.6) is 5.75 Å². The van der Waals surface area contributed by atoms with Gasteiger partial charge in [0.1, 0.15) is 5.75 Å². The number of amides is 1. The molecule has 3 heterocycles. The highest BCUT2D eigenvalue weighted by Crippen LogP contribution is 2.37. The average molecular weight is 355 g/mol. The molecule has 1 N–H and O–H groups in total. The molecule has 1 aromatic carbocycles. The molecule has 0 radical (unpaired) electrons. The number of aromatic nitrogens is 3. The van der Waals surface area contributed by atoms with Crippen LogP contribution in [0.15, 0.2) is 30.5 Å². The zero-order valence-electron chi connectivity index (χ0n) is 15.1. The van der Waals surface area contributed by atoms with Gasteiger partial charge >= 0.3 is 0 Å². The topological polar surface area (TPSA) is 72.3 Å². The number of methoxy groups -OCH3 is 1. The first-order chi connectivity index (χ1) is 12.8. The van der Waals surface area contributed by atoms with Gasteiger partial charge in [-0.25, -0.2) is 4.68 Å². The lowest BCUT2D eigenvalue weighted by atomic mass is 10.0. The number of para-hydroxylation sites is 1. The first-order valence-electron chi connectivity index (χ1n) is 9.34. The van der Waals surface area contributed by atoms with E-state index in [2.05, 4.69) is 15.6 Å². The van der Waals surface area contributed by atoms with E-state index in [9.17, 15) is 4.79 Å². The van der Waals surface area contributed by atoms with Gasteiger partial charge < -0.3 is 15.0 Å². The Balaban J connectivity index is 1.54. The van der Waals surface area contributed by atoms with Gasteiger partial charge in [-0.15, -0.1) is 5.10 Å². The summed E-state index contributed by atoms with van der Waals surface area (Å²) in [6.07, 6.45) is 5.77. The number of hydrogen-bond donors (Lipinski definition) is 1. The third-order valence-corrected chi connectivity index (χ3v) is 5.42. The lowest BCUT2D eigenvalue weighted by molar-refractivity contribution is 0.0728. The van der Waals surface area contributed by atoms with Crippen LogP contribution in [0, 0.1) is 0 Å². The van der Waals surface area contributed by atoms with Crippen molar-refractivity contribution in [1.29, 1.82) is 0 Å². The molecule has 0 unspecified atom stereocenters. The summed E-state index contributed by atoms with van der Waals surface area (Å²) >= 11 is 0. The molecule has 1 atom stereocenters. The molecule has 2 aliphatic heterocycles. The molecule has 0 spiro atoms. The Morgan fingerprint density at radius 1 is 1.23 bits per heavy atom. The summed E-state index contributed by atoms with van der Waals surface area (Å²) in [6.45, 7) is 2.70. The third kappa shape index (κ3) is 3.19. The van der Waals surface area contributed by atoms with Crippen molar-refractivity contribution in [2.45, 2.75) is 37.8 Å². The van der Waals surface area contributed by atoms with Crippen molar-refractivity contribution in [2.75, 3.05) is 26.7 Å². The van der Waals surface area contributed by atoms with Gasteiger partial charge in [-0.3, -0.25) is 4.79 Å². The molecule has 2 aliphatic rings. The molecule has 1 aromatic heterocycles. The highest BCUT2D eigenvalue weighted by molar-refractivity contribution is 5.92. The number of benzene rings is 1. The van der Waals surface area contributed by atoms with E-state index in [1.807, 2.05) is 40.0 Å². The van der Waals surface area contributed by atoms with Crippen molar-refractivity contribution < 1.29 is 9.53 Å². The fraction of sp³-hybridized carbons (Fsp3) is 0.526. The Morgan fingerprint density at radius 3 is 2.85 bits per heavy atom. The fourth-order valence-electron chi connectivity index (χ4n) is 4.05. The van der Waals surface area contributed by atoms with Crippen molar-refractivity contribution in [2.24, 2.45) is 0 Å². The number of hydrogen-bond acceptors (Lipinski definition) is 5. The van der Waals surface area contributed by atoms with Gasteiger partial charge in [0.25, 0.3) is 5.91 Å².